The van der Waals surface area contributed by atoms with Crippen molar-refractivity contribution in [2.24, 2.45) is 0 Å². The lowest BCUT2D eigenvalue weighted by Crippen LogP contribution is -1.95. The van der Waals surface area contributed by atoms with Gasteiger partial charge in [-0.1, -0.05) is 30.3 Å². The number of benzene rings is 2. The Bertz CT molecular complexity index is 747. The van der Waals surface area contributed by atoms with E-state index in [1.165, 1.54) is 10.3 Å². The molecule has 0 aliphatic heterocycles. The Hall–Kier alpha value is -1.39. The Morgan fingerprint density at radius 3 is 2.70 bits per heavy atom. The van der Waals surface area contributed by atoms with Gasteiger partial charge in [-0.05, 0) is 46.6 Å². The molecule has 102 valence electrons. The van der Waals surface area contributed by atoms with Crippen LogP contribution in [0.4, 0.5) is 0 Å². The molecular weight excluding hydrogens is 334 g/mol. The van der Waals surface area contributed by atoms with Crippen LogP contribution in [0.5, 0.6) is 5.75 Å². The summed E-state index contributed by atoms with van der Waals surface area (Å²) in [6.07, 6.45) is 0. The minimum absolute atomic E-state index is 0.510. The number of hydrogen-bond donors (Lipinski definition) is 0. The van der Waals surface area contributed by atoms with Crippen molar-refractivity contribution in [2.45, 2.75) is 20.5 Å². The van der Waals surface area contributed by atoms with Crippen LogP contribution in [0.25, 0.3) is 10.8 Å². The van der Waals surface area contributed by atoms with Gasteiger partial charge < -0.3 is 4.74 Å². The molecule has 0 bridgehead atoms. The van der Waals surface area contributed by atoms with Gasteiger partial charge in [0.05, 0.1) is 10.2 Å². The zero-order valence-corrected chi connectivity index (χ0v) is 13.7. The lowest BCUT2D eigenvalue weighted by Gasteiger charge is -2.09. The predicted octanol–water partition coefficient (Wildman–Crippen LogP) is 5.25. The first-order valence-corrected chi connectivity index (χ1v) is 7.99. The summed E-state index contributed by atoms with van der Waals surface area (Å²) >= 11 is 5.32. The van der Waals surface area contributed by atoms with Gasteiger partial charge in [0.15, 0.2) is 0 Å². The van der Waals surface area contributed by atoms with Gasteiger partial charge in [0.1, 0.15) is 17.4 Å². The van der Waals surface area contributed by atoms with Crippen LogP contribution in [-0.4, -0.2) is 4.98 Å². The third kappa shape index (κ3) is 2.58. The summed E-state index contributed by atoms with van der Waals surface area (Å²) in [6.45, 7) is 4.63. The first-order valence-electron chi connectivity index (χ1n) is 6.38. The number of ether oxygens (including phenoxy) is 1. The molecule has 2 aromatic carbocycles. The van der Waals surface area contributed by atoms with E-state index in [2.05, 4.69) is 46.0 Å². The molecule has 0 aliphatic rings. The molecular formula is C16H14BrNOS. The molecule has 0 atom stereocenters. The summed E-state index contributed by atoms with van der Waals surface area (Å²) in [7, 11) is 0. The van der Waals surface area contributed by atoms with Crippen LogP contribution < -0.4 is 4.74 Å². The van der Waals surface area contributed by atoms with Crippen LogP contribution in [0.3, 0.4) is 0 Å². The van der Waals surface area contributed by atoms with E-state index in [0.717, 1.165) is 26.3 Å². The molecule has 0 aliphatic carbocycles. The first kappa shape index (κ1) is 13.6. The molecule has 4 heteroatoms. The third-order valence-corrected chi connectivity index (χ3v) is 5.12. The Balaban J connectivity index is 1.86. The molecule has 1 aromatic heterocycles. The number of rotatable bonds is 3. The monoisotopic (exact) mass is 347 g/mol. The van der Waals surface area contributed by atoms with Crippen LogP contribution in [0.1, 0.15) is 15.6 Å². The molecule has 20 heavy (non-hydrogen) atoms. The van der Waals surface area contributed by atoms with Crippen LogP contribution >= 0.6 is 27.3 Å². The van der Waals surface area contributed by atoms with Crippen molar-refractivity contribution in [3.8, 4) is 5.75 Å². The fourth-order valence-electron chi connectivity index (χ4n) is 2.07. The molecule has 3 aromatic rings. The van der Waals surface area contributed by atoms with Gasteiger partial charge in [-0.15, -0.1) is 11.3 Å². The maximum atomic E-state index is 5.90. The average Bonchev–Trinajstić information content (AvgIpc) is 2.77. The highest BCUT2D eigenvalue weighted by molar-refractivity contribution is 9.10. The highest BCUT2D eigenvalue weighted by Crippen LogP contribution is 2.33. The van der Waals surface area contributed by atoms with Crippen molar-refractivity contribution in [3.63, 3.8) is 0 Å². The van der Waals surface area contributed by atoms with E-state index in [-0.39, 0.29) is 0 Å². The van der Waals surface area contributed by atoms with Crippen LogP contribution in [0, 0.1) is 13.8 Å². The second kappa shape index (κ2) is 5.54. The fourth-order valence-corrected chi connectivity index (χ4v) is 3.52. The smallest absolute Gasteiger partial charge is 0.140 e. The minimum atomic E-state index is 0.510. The van der Waals surface area contributed by atoms with Crippen molar-refractivity contribution in [1.29, 1.82) is 0 Å². The van der Waals surface area contributed by atoms with Crippen molar-refractivity contribution in [1.82, 2.24) is 4.98 Å². The van der Waals surface area contributed by atoms with E-state index < -0.39 is 0 Å². The number of halogens is 1. The van der Waals surface area contributed by atoms with Gasteiger partial charge in [-0.3, -0.25) is 0 Å². The van der Waals surface area contributed by atoms with E-state index in [1.807, 2.05) is 25.1 Å². The summed E-state index contributed by atoms with van der Waals surface area (Å²) in [5, 5.41) is 3.38. The second-order valence-corrected chi connectivity index (χ2v) is 6.72. The van der Waals surface area contributed by atoms with Gasteiger partial charge in [-0.2, -0.15) is 0 Å². The minimum Gasteiger partial charge on any atom is -0.485 e. The lowest BCUT2D eigenvalue weighted by atomic mass is 10.1. The van der Waals surface area contributed by atoms with Gasteiger partial charge in [0, 0.05) is 4.88 Å². The highest BCUT2D eigenvalue weighted by atomic mass is 79.9. The molecule has 3 rings (SSSR count). The van der Waals surface area contributed by atoms with Crippen LogP contribution in [-0.2, 0) is 6.61 Å². The molecule has 0 radical (unpaired) electrons. The third-order valence-electron chi connectivity index (χ3n) is 3.25. The molecule has 1 heterocycles. The van der Waals surface area contributed by atoms with E-state index in [9.17, 15) is 0 Å². The number of aromatic nitrogens is 1. The highest BCUT2D eigenvalue weighted by Gasteiger charge is 2.08. The number of hydrogen-bond acceptors (Lipinski definition) is 3. The van der Waals surface area contributed by atoms with Gasteiger partial charge >= 0.3 is 0 Å². The Labute approximate surface area is 130 Å². The summed E-state index contributed by atoms with van der Waals surface area (Å²) in [5.74, 6) is 0.856. The standard InChI is InChI=1S/C16H14BrNOS/c1-10-11(2)20-15(18-10)9-19-14-8-7-12-5-3-4-6-13(12)16(14)17/h3-8H,9H2,1-2H3. The molecule has 0 unspecified atom stereocenters. The number of nitrogens with zero attached hydrogens (tertiary/aromatic N) is 1. The summed E-state index contributed by atoms with van der Waals surface area (Å²) in [5.41, 5.74) is 1.09. The second-order valence-electron chi connectivity index (χ2n) is 4.64. The number of thiazole rings is 1. The topological polar surface area (TPSA) is 22.1 Å². The normalized spacial score (nSPS) is 10.9. The van der Waals surface area contributed by atoms with Crippen LogP contribution in [0.15, 0.2) is 40.9 Å². The molecule has 0 spiro atoms. The maximum absolute atomic E-state index is 5.90. The van der Waals surface area contributed by atoms with Crippen molar-refractivity contribution >= 4 is 38.0 Å². The molecule has 0 saturated carbocycles. The molecule has 0 amide bonds. The first-order chi connectivity index (χ1) is 9.65. The average molecular weight is 348 g/mol. The number of fused-ring (bicyclic) bond motifs is 1. The molecule has 0 fully saturated rings. The Kier molecular flexibility index (Phi) is 3.76. The van der Waals surface area contributed by atoms with E-state index in [0.29, 0.717) is 6.61 Å². The van der Waals surface area contributed by atoms with Crippen molar-refractivity contribution < 1.29 is 4.74 Å². The SMILES string of the molecule is Cc1nc(COc2ccc3ccccc3c2Br)sc1C. The summed E-state index contributed by atoms with van der Waals surface area (Å²) < 4.78 is 6.90. The zero-order chi connectivity index (χ0) is 14.1. The predicted molar refractivity (Wildman–Crippen MR) is 87.6 cm³/mol. The van der Waals surface area contributed by atoms with Crippen LogP contribution in [0.2, 0.25) is 0 Å². The summed E-state index contributed by atoms with van der Waals surface area (Å²) in [6, 6.07) is 12.3. The van der Waals surface area contributed by atoms with Crippen molar-refractivity contribution in [3.05, 3.63) is 56.4 Å². The van der Waals surface area contributed by atoms with E-state index in [4.69, 9.17) is 4.74 Å². The van der Waals surface area contributed by atoms with Gasteiger partial charge in [0.2, 0.25) is 0 Å². The fraction of sp³-hybridized carbons (Fsp3) is 0.188. The lowest BCUT2D eigenvalue weighted by molar-refractivity contribution is 0.304. The van der Waals surface area contributed by atoms with E-state index >= 15 is 0 Å². The zero-order valence-electron chi connectivity index (χ0n) is 11.3. The maximum Gasteiger partial charge on any atom is 0.140 e. The van der Waals surface area contributed by atoms with E-state index in [1.54, 1.807) is 11.3 Å². The van der Waals surface area contributed by atoms with Gasteiger partial charge in [0.25, 0.3) is 0 Å². The Morgan fingerprint density at radius 1 is 1.15 bits per heavy atom. The van der Waals surface area contributed by atoms with Crippen molar-refractivity contribution in [2.75, 3.05) is 0 Å². The largest absolute Gasteiger partial charge is 0.485 e. The van der Waals surface area contributed by atoms with Gasteiger partial charge in [-0.25, -0.2) is 4.98 Å². The molecule has 0 N–H and O–H groups in total. The molecule has 2 nitrogen and oxygen atoms in total. The number of aryl methyl sites for hydroxylation is 2. The Morgan fingerprint density at radius 2 is 1.95 bits per heavy atom. The quantitative estimate of drug-likeness (QED) is 0.645. The summed E-state index contributed by atoms with van der Waals surface area (Å²) in [4.78, 5) is 5.75. The molecule has 0 saturated heterocycles.